The summed E-state index contributed by atoms with van der Waals surface area (Å²) >= 11 is 6.39. The second-order valence-electron chi connectivity index (χ2n) is 8.12. The van der Waals surface area contributed by atoms with E-state index in [2.05, 4.69) is 10.3 Å². The van der Waals surface area contributed by atoms with E-state index < -0.39 is 21.6 Å². The summed E-state index contributed by atoms with van der Waals surface area (Å²) in [6.45, 7) is 4.00. The van der Waals surface area contributed by atoms with Gasteiger partial charge in [0.1, 0.15) is 11.3 Å². The van der Waals surface area contributed by atoms with Crippen LogP contribution in [0.1, 0.15) is 24.2 Å². The van der Waals surface area contributed by atoms with Crippen LogP contribution in [-0.2, 0) is 9.84 Å². The van der Waals surface area contributed by atoms with E-state index in [1.807, 2.05) is 32.0 Å². The summed E-state index contributed by atoms with van der Waals surface area (Å²) in [6.07, 6.45) is 1.08. The summed E-state index contributed by atoms with van der Waals surface area (Å²) < 4.78 is 43.6. The Balaban J connectivity index is 0.00000164. The summed E-state index contributed by atoms with van der Waals surface area (Å²) in [5.41, 5.74) is 3.27. The summed E-state index contributed by atoms with van der Waals surface area (Å²) in [5.74, 6) is -0.626. The van der Waals surface area contributed by atoms with E-state index in [9.17, 15) is 17.6 Å². The maximum Gasteiger partial charge on any atom is 0.256 e. The topological polar surface area (TPSA) is 89.3 Å². The molecule has 5 rings (SSSR count). The standard InChI is InChI=1S/C27H18ClFN2O4S.C2H6/c1-36(33,34)19-11-12-20(21(15-19)16-6-8-17(29)9-7-16)26(32)30-18-10-13-23(28)22(14-18)27-31-24-4-2-3-5-25(24)35-27;1-2/h2-15H,1H3,(H,30,32);1-2H3. The Kier molecular flexibility index (Phi) is 7.94. The van der Waals surface area contributed by atoms with Gasteiger partial charge in [0.15, 0.2) is 15.4 Å². The number of halogens is 2. The quantitative estimate of drug-likeness (QED) is 0.243. The second kappa shape index (κ2) is 11.2. The highest BCUT2D eigenvalue weighted by atomic mass is 35.5. The molecular formula is C29H24ClFN2O4S. The Morgan fingerprint density at radius 3 is 2.32 bits per heavy atom. The van der Waals surface area contributed by atoms with Crippen molar-refractivity contribution >= 4 is 44.1 Å². The first-order chi connectivity index (χ1) is 18.2. The number of carbonyl (C=O) groups is 1. The molecule has 0 spiro atoms. The van der Waals surface area contributed by atoms with Crippen LogP contribution in [0.25, 0.3) is 33.7 Å². The van der Waals surface area contributed by atoms with E-state index in [0.717, 1.165) is 6.26 Å². The van der Waals surface area contributed by atoms with Crippen molar-refractivity contribution in [3.63, 3.8) is 0 Å². The molecule has 0 saturated carbocycles. The molecule has 1 aromatic heterocycles. The van der Waals surface area contributed by atoms with Crippen LogP contribution in [0.15, 0.2) is 94.2 Å². The Bertz CT molecular complexity index is 1700. The highest BCUT2D eigenvalue weighted by Crippen LogP contribution is 2.33. The third-order valence-electron chi connectivity index (χ3n) is 5.57. The number of para-hydroxylation sites is 2. The molecule has 1 heterocycles. The van der Waals surface area contributed by atoms with Gasteiger partial charge in [0, 0.05) is 17.5 Å². The molecular weight excluding hydrogens is 527 g/mol. The van der Waals surface area contributed by atoms with Crippen LogP contribution in [0, 0.1) is 5.82 Å². The number of anilines is 1. The molecule has 194 valence electrons. The van der Waals surface area contributed by atoms with E-state index in [4.69, 9.17) is 16.0 Å². The second-order valence-corrected chi connectivity index (χ2v) is 10.5. The predicted octanol–water partition coefficient (Wildman–Crippen LogP) is 7.64. The normalized spacial score (nSPS) is 11.1. The summed E-state index contributed by atoms with van der Waals surface area (Å²) in [4.78, 5) is 17.8. The van der Waals surface area contributed by atoms with Crippen molar-refractivity contribution in [2.24, 2.45) is 0 Å². The molecule has 0 aliphatic heterocycles. The molecule has 9 heteroatoms. The SMILES string of the molecule is CC.CS(=O)(=O)c1ccc(C(=O)Nc2ccc(Cl)c(-c3nc4ccccc4o3)c2)c(-c2ccc(F)cc2)c1. The van der Waals surface area contributed by atoms with Gasteiger partial charge in [0.25, 0.3) is 5.91 Å². The Labute approximate surface area is 225 Å². The number of rotatable bonds is 5. The zero-order valence-electron chi connectivity index (χ0n) is 20.8. The largest absolute Gasteiger partial charge is 0.436 e. The summed E-state index contributed by atoms with van der Waals surface area (Å²) in [5, 5.41) is 3.21. The van der Waals surface area contributed by atoms with Gasteiger partial charge < -0.3 is 9.73 Å². The van der Waals surface area contributed by atoms with Gasteiger partial charge in [-0.1, -0.05) is 49.7 Å². The first-order valence-corrected chi connectivity index (χ1v) is 14.0. The van der Waals surface area contributed by atoms with Crippen LogP contribution in [-0.4, -0.2) is 25.6 Å². The first-order valence-electron chi connectivity index (χ1n) is 11.8. The minimum absolute atomic E-state index is 0.0446. The lowest BCUT2D eigenvalue weighted by molar-refractivity contribution is 0.102. The van der Waals surface area contributed by atoms with E-state index in [-0.39, 0.29) is 10.5 Å². The lowest BCUT2D eigenvalue weighted by Crippen LogP contribution is -2.14. The molecule has 6 nitrogen and oxygen atoms in total. The average Bonchev–Trinajstić information content (AvgIpc) is 3.35. The minimum atomic E-state index is -3.53. The van der Waals surface area contributed by atoms with Gasteiger partial charge in [-0.2, -0.15) is 0 Å². The Morgan fingerprint density at radius 1 is 0.921 bits per heavy atom. The van der Waals surface area contributed by atoms with Crippen LogP contribution in [0.3, 0.4) is 0 Å². The summed E-state index contributed by atoms with van der Waals surface area (Å²) in [6, 6.07) is 21.9. The molecule has 1 N–H and O–H groups in total. The molecule has 0 radical (unpaired) electrons. The molecule has 4 aromatic carbocycles. The van der Waals surface area contributed by atoms with Crippen molar-refractivity contribution in [2.45, 2.75) is 18.7 Å². The lowest BCUT2D eigenvalue weighted by Gasteiger charge is -2.13. The van der Waals surface area contributed by atoms with E-state index >= 15 is 0 Å². The monoisotopic (exact) mass is 550 g/mol. The lowest BCUT2D eigenvalue weighted by atomic mass is 9.99. The highest BCUT2D eigenvalue weighted by Gasteiger charge is 2.19. The highest BCUT2D eigenvalue weighted by molar-refractivity contribution is 7.90. The van der Waals surface area contributed by atoms with Gasteiger partial charge in [-0.15, -0.1) is 0 Å². The van der Waals surface area contributed by atoms with Crippen molar-refractivity contribution in [3.8, 4) is 22.6 Å². The molecule has 0 aliphatic rings. The number of benzene rings is 4. The number of amides is 1. The number of oxazole rings is 1. The smallest absolute Gasteiger partial charge is 0.256 e. The molecule has 0 fully saturated rings. The Hall–Kier alpha value is -4.01. The fraction of sp³-hybridized carbons (Fsp3) is 0.103. The van der Waals surface area contributed by atoms with Gasteiger partial charge in [-0.25, -0.2) is 17.8 Å². The predicted molar refractivity (Wildman–Crippen MR) is 149 cm³/mol. The van der Waals surface area contributed by atoms with Crippen LogP contribution in [0.4, 0.5) is 10.1 Å². The van der Waals surface area contributed by atoms with Crippen molar-refractivity contribution in [3.05, 3.63) is 101 Å². The summed E-state index contributed by atoms with van der Waals surface area (Å²) in [7, 11) is -3.53. The number of aromatic nitrogens is 1. The average molecular weight is 551 g/mol. The van der Waals surface area contributed by atoms with Crippen molar-refractivity contribution in [1.82, 2.24) is 4.98 Å². The van der Waals surface area contributed by atoms with Crippen LogP contribution in [0.2, 0.25) is 5.02 Å². The number of nitrogens with zero attached hydrogens (tertiary/aromatic N) is 1. The van der Waals surface area contributed by atoms with Gasteiger partial charge in [0.05, 0.1) is 15.5 Å². The number of fused-ring (bicyclic) bond motifs is 1. The molecule has 38 heavy (non-hydrogen) atoms. The number of carbonyl (C=O) groups excluding carboxylic acids is 1. The third-order valence-corrected chi connectivity index (χ3v) is 7.01. The minimum Gasteiger partial charge on any atom is -0.436 e. The van der Waals surface area contributed by atoms with Gasteiger partial charge in [-0.3, -0.25) is 4.79 Å². The molecule has 0 saturated heterocycles. The molecule has 0 bridgehead atoms. The van der Waals surface area contributed by atoms with Crippen molar-refractivity contribution < 1.29 is 22.0 Å². The fourth-order valence-electron chi connectivity index (χ4n) is 3.77. The maximum absolute atomic E-state index is 13.5. The van der Waals surface area contributed by atoms with Gasteiger partial charge in [0.2, 0.25) is 5.89 Å². The van der Waals surface area contributed by atoms with Crippen LogP contribution >= 0.6 is 11.6 Å². The molecule has 1 amide bonds. The van der Waals surface area contributed by atoms with E-state index in [1.165, 1.54) is 42.5 Å². The molecule has 5 aromatic rings. The number of hydrogen-bond donors (Lipinski definition) is 1. The maximum atomic E-state index is 13.5. The number of sulfone groups is 1. The van der Waals surface area contributed by atoms with Gasteiger partial charge >= 0.3 is 0 Å². The van der Waals surface area contributed by atoms with Crippen molar-refractivity contribution in [2.75, 3.05) is 11.6 Å². The number of hydrogen-bond acceptors (Lipinski definition) is 5. The zero-order valence-corrected chi connectivity index (χ0v) is 22.4. The first kappa shape index (κ1) is 27.0. The van der Waals surface area contributed by atoms with E-state index in [0.29, 0.717) is 44.4 Å². The molecule has 0 aliphatic carbocycles. The third kappa shape index (κ3) is 5.77. The fourth-order valence-corrected chi connectivity index (χ4v) is 4.62. The molecule has 0 unspecified atom stereocenters. The molecule has 0 atom stereocenters. The van der Waals surface area contributed by atoms with Gasteiger partial charge in [-0.05, 0) is 71.8 Å². The van der Waals surface area contributed by atoms with Crippen LogP contribution in [0.5, 0.6) is 0 Å². The van der Waals surface area contributed by atoms with Crippen molar-refractivity contribution in [1.29, 1.82) is 0 Å². The Morgan fingerprint density at radius 2 is 1.63 bits per heavy atom. The zero-order chi connectivity index (χ0) is 27.4. The number of nitrogens with one attached hydrogen (secondary N) is 1. The van der Waals surface area contributed by atoms with E-state index in [1.54, 1.807) is 24.3 Å². The van der Waals surface area contributed by atoms with Crippen LogP contribution < -0.4 is 5.32 Å².